The highest BCUT2D eigenvalue weighted by Crippen LogP contribution is 2.76. The Morgan fingerprint density at radius 3 is 1.76 bits per heavy atom. The fraction of sp³-hybridized carbons (Fsp3) is 0.817. The summed E-state index contributed by atoms with van der Waals surface area (Å²) in [5, 5.41) is 213. The van der Waals surface area contributed by atoms with E-state index in [9.17, 15) is 116 Å². The molecule has 41 heteroatoms. The van der Waals surface area contributed by atoms with Crippen LogP contribution in [0.2, 0.25) is 0 Å². The molecule has 19 N–H and O–H groups in total. The van der Waals surface area contributed by atoms with Crippen molar-refractivity contribution in [3.8, 4) is 17.2 Å². The Balaban J connectivity index is 0.872. The Bertz CT molecular complexity index is 3930. The first-order valence-electron chi connectivity index (χ1n) is 41.5. The van der Waals surface area contributed by atoms with Crippen LogP contribution in [0.15, 0.2) is 29.9 Å². The average Bonchev–Trinajstić information content (AvgIpc) is 0.981. The molecule has 0 bridgehead atoms. The van der Waals surface area contributed by atoms with Gasteiger partial charge in [0.05, 0.1) is 102 Å². The molecule has 0 amide bonds. The molecule has 38 atom stereocenters. The van der Waals surface area contributed by atoms with Gasteiger partial charge in [0.15, 0.2) is 60.8 Å². The first-order valence-corrected chi connectivity index (χ1v) is 41.5. The smallest absolute Gasteiger partial charge is 0.331 e. The highest BCUT2D eigenvalue weighted by atomic mass is 16.8. The predicted octanol–water partition coefficient (Wildman–Crippen LogP) is -3.59. The van der Waals surface area contributed by atoms with E-state index in [4.69, 9.17) is 80.5 Å². The lowest BCUT2D eigenvalue weighted by atomic mass is 9.33. The molecular formula is C82H122O41. The van der Waals surface area contributed by atoms with Crippen LogP contribution in [-0.2, 0) is 90.3 Å². The van der Waals surface area contributed by atoms with Crippen molar-refractivity contribution in [2.75, 3.05) is 61.0 Å². The van der Waals surface area contributed by atoms with Crippen LogP contribution in [0.3, 0.4) is 0 Å². The van der Waals surface area contributed by atoms with Crippen molar-refractivity contribution in [1.29, 1.82) is 0 Å². The quantitative estimate of drug-likeness (QED) is 0.0127. The van der Waals surface area contributed by atoms with E-state index in [1.807, 2.05) is 33.8 Å². The SMILES string of the molecule is COc1cc(C=CC(=O)OC2C(O)C(C)OC(OC(=O)C34CCC(C)(C)CC3C3=CCC5C6(C)CC(O)C(OC7OC(CO)C(O)C(O)C7O)C(C)(C(=O)O)C6CCC5(C)C3(CO)CC4)C2OC2OC(C)C(OC3OCC(OC4OC(CO)C(O)C(O)C4O)C(O)C3O)C(OC3OCC(O)(COC(=O)CC(C)(O)CC(=O)O)C3O)C2O)cc(OC)c1OC. The predicted molar refractivity (Wildman–Crippen MR) is 408 cm³/mol. The molecule has 6 heterocycles. The van der Waals surface area contributed by atoms with E-state index in [2.05, 4.69) is 0 Å². The normalized spacial score (nSPS) is 45.9. The first-order chi connectivity index (χ1) is 57.7. The van der Waals surface area contributed by atoms with Crippen molar-refractivity contribution < 1.29 is 202 Å². The zero-order chi connectivity index (χ0) is 90.2. The highest BCUT2D eigenvalue weighted by Gasteiger charge is 2.74. The van der Waals surface area contributed by atoms with Crippen LogP contribution in [0.4, 0.5) is 0 Å². The number of rotatable bonds is 28. The number of carboxylic acid groups (broad SMARTS) is 2. The molecule has 0 radical (unpaired) electrons. The van der Waals surface area contributed by atoms with Gasteiger partial charge in [0.2, 0.25) is 12.0 Å². The number of aliphatic hydroxyl groups excluding tert-OH is 15. The zero-order valence-electron chi connectivity index (χ0n) is 70.3. The molecule has 5 aliphatic carbocycles. The van der Waals surface area contributed by atoms with Gasteiger partial charge in [-0.05, 0) is 143 Å². The summed E-state index contributed by atoms with van der Waals surface area (Å²) in [5.74, 6) is -7.39. The maximum atomic E-state index is 16.4. The number of carbonyl (C=O) groups excluding carboxylic acids is 3. The lowest BCUT2D eigenvalue weighted by molar-refractivity contribution is -0.388. The van der Waals surface area contributed by atoms with Crippen molar-refractivity contribution in [2.24, 2.45) is 50.2 Å². The van der Waals surface area contributed by atoms with Crippen LogP contribution in [-0.4, -0.2) is 371 Å². The second-order valence-electron chi connectivity index (χ2n) is 36.9. The molecule has 1 aromatic rings. The molecule has 1 aromatic carbocycles. The fourth-order valence-electron chi connectivity index (χ4n) is 21.6. The summed E-state index contributed by atoms with van der Waals surface area (Å²) in [6.45, 7) is 8.50. The van der Waals surface area contributed by atoms with E-state index >= 15 is 4.79 Å². The number of aliphatic hydroxyl groups is 17. The van der Waals surface area contributed by atoms with E-state index in [-0.39, 0.29) is 55.8 Å². The molecule has 4 saturated carbocycles. The Hall–Kier alpha value is -5.67. The highest BCUT2D eigenvalue weighted by molar-refractivity contribution is 5.87. The van der Waals surface area contributed by atoms with Gasteiger partial charge in [-0.3, -0.25) is 19.2 Å². The molecule has 6 saturated heterocycles. The number of fused-ring (bicyclic) bond motifs is 7. The summed E-state index contributed by atoms with van der Waals surface area (Å²) in [4.78, 5) is 69.6. The van der Waals surface area contributed by atoms with Crippen LogP contribution in [0.1, 0.15) is 132 Å². The molecule has 41 nitrogen and oxygen atoms in total. The van der Waals surface area contributed by atoms with Gasteiger partial charge >= 0.3 is 29.8 Å². The molecule has 38 unspecified atom stereocenters. The van der Waals surface area contributed by atoms with Gasteiger partial charge in [0.25, 0.3) is 0 Å². The van der Waals surface area contributed by atoms with E-state index in [0.717, 1.165) is 18.6 Å². The molecule has 123 heavy (non-hydrogen) atoms. The van der Waals surface area contributed by atoms with Crippen LogP contribution in [0, 0.1) is 50.2 Å². The third kappa shape index (κ3) is 17.9. The fourth-order valence-corrected chi connectivity index (χ4v) is 21.6. The molecule has 11 aliphatic rings. The number of allylic oxidation sites excluding steroid dienone is 1. The molecule has 10 fully saturated rings. The average molecular weight is 1760 g/mol. The van der Waals surface area contributed by atoms with Crippen molar-refractivity contribution in [2.45, 2.75) is 309 Å². The number of ether oxygens (including phenoxy) is 17. The minimum Gasteiger partial charge on any atom is -0.493 e. The molecule has 12 rings (SSSR count). The van der Waals surface area contributed by atoms with Crippen LogP contribution in [0.25, 0.3) is 6.08 Å². The number of hydrogen-bond donors (Lipinski definition) is 19. The third-order valence-electron chi connectivity index (χ3n) is 28.6. The van der Waals surface area contributed by atoms with Crippen LogP contribution < -0.4 is 14.2 Å². The molecule has 6 aliphatic heterocycles. The summed E-state index contributed by atoms with van der Waals surface area (Å²) in [5.41, 5.74) is -10.6. The van der Waals surface area contributed by atoms with E-state index < -0.39 is 316 Å². The van der Waals surface area contributed by atoms with Gasteiger partial charge in [0, 0.05) is 11.5 Å². The number of esters is 3. The third-order valence-corrected chi connectivity index (χ3v) is 28.6. The number of methoxy groups -OCH3 is 3. The van der Waals surface area contributed by atoms with E-state index in [1.165, 1.54) is 60.3 Å². The Kier molecular flexibility index (Phi) is 29.0. The van der Waals surface area contributed by atoms with Crippen LogP contribution >= 0.6 is 0 Å². The number of hydrogen-bond acceptors (Lipinski definition) is 39. The van der Waals surface area contributed by atoms with Gasteiger partial charge in [0.1, 0.15) is 110 Å². The van der Waals surface area contributed by atoms with Crippen molar-refractivity contribution in [3.63, 3.8) is 0 Å². The lowest BCUT2D eigenvalue weighted by Crippen LogP contribution is -2.71. The summed E-state index contributed by atoms with van der Waals surface area (Å²) in [7, 11) is 4.12. The second-order valence-corrected chi connectivity index (χ2v) is 36.9. The Labute approximate surface area is 708 Å². The maximum absolute atomic E-state index is 16.4. The molecular weight excluding hydrogens is 1640 g/mol. The molecule has 0 spiro atoms. The summed E-state index contributed by atoms with van der Waals surface area (Å²) in [6.07, 6.45) is -47.8. The summed E-state index contributed by atoms with van der Waals surface area (Å²) >= 11 is 0. The minimum absolute atomic E-state index is 0.0459. The molecule has 0 aromatic heterocycles. The summed E-state index contributed by atoms with van der Waals surface area (Å²) < 4.78 is 102. The minimum atomic E-state index is -2.56. The first kappa shape index (κ1) is 96.4. The summed E-state index contributed by atoms with van der Waals surface area (Å²) in [6, 6.07) is 3.02. The second kappa shape index (κ2) is 37.1. The number of carbonyl (C=O) groups is 5. The van der Waals surface area contributed by atoms with Crippen molar-refractivity contribution in [1.82, 2.24) is 0 Å². The van der Waals surface area contributed by atoms with E-state index in [0.29, 0.717) is 24.8 Å². The van der Waals surface area contributed by atoms with Crippen LogP contribution in [0.5, 0.6) is 17.2 Å². The Morgan fingerprint density at radius 2 is 1.17 bits per heavy atom. The van der Waals surface area contributed by atoms with E-state index in [1.54, 1.807) is 0 Å². The Morgan fingerprint density at radius 1 is 0.585 bits per heavy atom. The monoisotopic (exact) mass is 1760 g/mol. The van der Waals surface area contributed by atoms with Gasteiger partial charge in [-0.1, -0.05) is 39.3 Å². The van der Waals surface area contributed by atoms with Crippen molar-refractivity contribution in [3.05, 3.63) is 35.4 Å². The van der Waals surface area contributed by atoms with Crippen molar-refractivity contribution >= 4 is 35.9 Å². The zero-order valence-corrected chi connectivity index (χ0v) is 70.3. The van der Waals surface area contributed by atoms with Gasteiger partial charge < -0.3 is 178 Å². The topological polar surface area (TPSA) is 627 Å². The maximum Gasteiger partial charge on any atom is 0.331 e. The molecule has 696 valence electrons. The largest absolute Gasteiger partial charge is 0.493 e. The number of aliphatic carboxylic acids is 2. The standard InChI is InChI=1S/C82H122O41/c1-34-50(91)62(118-48(89)15-12-36-22-40(107-9)61(109-11)41(23-36)108-10)64(121-70-59(100)63(120-72-65(101)82(106,33-112-72)32-111-49(90)27-76(5,105)26-47(87)88)60(35(2)114-70)119-67-56(97)53(94)44(30-110-67)117-68-57(98)54(95)51(92)42(28-83)115-68)71(113-34)123-74(104)80-19-18-75(3,4)24-38(80)37-13-14-45-77(6)25-39(86)66(122-69-58(99)55(96)52(93)43(29-84)116-69)79(8,73(102)103)46(77)16-17-78(45,7)81(37,31-85)21-20-80/h12-13,15,22-23,34-35,38-39,42-46,50-60,62-72,83-86,91-101,105-106H,14,16-21,24-33H2,1-11H3,(H,87,88)(H,102,103). The van der Waals surface area contributed by atoms with Gasteiger partial charge in [-0.2, -0.15) is 0 Å². The van der Waals surface area contributed by atoms with Gasteiger partial charge in [-0.25, -0.2) is 4.79 Å². The van der Waals surface area contributed by atoms with Gasteiger partial charge in [-0.15, -0.1) is 0 Å². The number of benzene rings is 1. The lowest BCUT2D eigenvalue weighted by Gasteiger charge is -2.71. The number of carboxylic acids is 2.